The van der Waals surface area contributed by atoms with Gasteiger partial charge in [0.1, 0.15) is 0 Å². The number of nitrogens with two attached hydrogens (primary N) is 1. The maximum atomic E-state index is 11.5. The molecule has 4 nitrogen and oxygen atoms in total. The predicted molar refractivity (Wildman–Crippen MR) is 75.5 cm³/mol. The number of nitrogens with zero attached hydrogens (tertiary/aromatic N) is 1. The number of carbonyl (C=O) groups is 1. The maximum Gasteiger partial charge on any atom is 0.340 e. The van der Waals surface area contributed by atoms with Crippen LogP contribution in [0.1, 0.15) is 10.4 Å². The average molecular weight is 362 g/mol. The van der Waals surface area contributed by atoms with Crippen molar-refractivity contribution in [2.24, 2.45) is 0 Å². The quantitative estimate of drug-likeness (QED) is 0.626. The number of pyridine rings is 1. The van der Waals surface area contributed by atoms with Crippen LogP contribution in [-0.2, 0) is 4.74 Å². The number of hydrogen-bond acceptors (Lipinski definition) is 4. The first kappa shape index (κ1) is 13.9. The first-order valence-electron chi connectivity index (χ1n) is 4.55. The van der Waals surface area contributed by atoms with Gasteiger partial charge in [-0.25, -0.2) is 4.79 Å². The third kappa shape index (κ3) is 2.42. The van der Waals surface area contributed by atoms with Gasteiger partial charge in [-0.1, -0.05) is 15.9 Å². The van der Waals surface area contributed by atoms with Gasteiger partial charge in [0.25, 0.3) is 0 Å². The van der Waals surface area contributed by atoms with Crippen LogP contribution in [0, 0.1) is 0 Å². The zero-order chi connectivity index (χ0) is 11.7. The van der Waals surface area contributed by atoms with Crippen molar-refractivity contribution in [3.05, 3.63) is 34.6 Å². The Balaban J connectivity index is 0.00000144. The van der Waals surface area contributed by atoms with Gasteiger partial charge in [-0.2, -0.15) is 0 Å². The molecule has 0 bridgehead atoms. The minimum atomic E-state index is -0.447. The monoisotopic (exact) mass is 360 g/mol. The molecule has 1 aromatic carbocycles. The summed E-state index contributed by atoms with van der Waals surface area (Å²) >= 11 is 3.38. The number of anilines is 1. The second kappa shape index (κ2) is 5.46. The highest BCUT2D eigenvalue weighted by Gasteiger charge is 2.14. The summed E-state index contributed by atoms with van der Waals surface area (Å²) in [5, 5.41) is 1.65. The molecule has 0 saturated heterocycles. The van der Waals surface area contributed by atoms with Crippen LogP contribution in [0.2, 0.25) is 0 Å². The number of fused-ring (bicyclic) bond motifs is 1. The van der Waals surface area contributed by atoms with Gasteiger partial charge < -0.3 is 10.5 Å². The van der Waals surface area contributed by atoms with E-state index in [1.807, 2.05) is 0 Å². The second-order valence-electron chi connectivity index (χ2n) is 3.23. The van der Waals surface area contributed by atoms with Gasteiger partial charge in [-0.3, -0.25) is 4.98 Å². The van der Waals surface area contributed by atoms with E-state index in [0.29, 0.717) is 11.3 Å². The minimum Gasteiger partial charge on any atom is -0.465 e. The van der Waals surface area contributed by atoms with E-state index in [0.717, 1.165) is 15.2 Å². The summed E-state index contributed by atoms with van der Waals surface area (Å²) < 4.78 is 5.43. The topological polar surface area (TPSA) is 65.2 Å². The SMILES string of the molecule is Br.COC(=O)c1cc(Br)c2cnccc2c1N. The summed E-state index contributed by atoms with van der Waals surface area (Å²) in [6.07, 6.45) is 3.32. The molecule has 0 aliphatic rings. The van der Waals surface area contributed by atoms with Gasteiger partial charge in [0.15, 0.2) is 0 Å². The summed E-state index contributed by atoms with van der Waals surface area (Å²) in [7, 11) is 1.33. The molecule has 1 heterocycles. The Morgan fingerprint density at radius 3 is 2.82 bits per heavy atom. The first-order valence-corrected chi connectivity index (χ1v) is 5.34. The van der Waals surface area contributed by atoms with E-state index in [2.05, 4.69) is 25.7 Å². The molecule has 6 heteroatoms. The van der Waals surface area contributed by atoms with Crippen LogP contribution in [0.5, 0.6) is 0 Å². The highest BCUT2D eigenvalue weighted by atomic mass is 79.9. The minimum absolute atomic E-state index is 0. The molecule has 0 spiro atoms. The number of ether oxygens (including phenoxy) is 1. The lowest BCUT2D eigenvalue weighted by atomic mass is 10.1. The Morgan fingerprint density at radius 2 is 2.18 bits per heavy atom. The number of methoxy groups -OCH3 is 1. The fourth-order valence-corrected chi connectivity index (χ4v) is 2.07. The first-order chi connectivity index (χ1) is 7.65. The molecule has 0 atom stereocenters. The van der Waals surface area contributed by atoms with E-state index < -0.39 is 5.97 Å². The summed E-state index contributed by atoms with van der Waals surface area (Å²) in [5.74, 6) is -0.447. The Morgan fingerprint density at radius 1 is 1.47 bits per heavy atom. The lowest BCUT2D eigenvalue weighted by Crippen LogP contribution is -2.06. The van der Waals surface area contributed by atoms with Crippen LogP contribution in [0.3, 0.4) is 0 Å². The van der Waals surface area contributed by atoms with E-state index in [1.54, 1.807) is 24.5 Å². The highest BCUT2D eigenvalue weighted by Crippen LogP contribution is 2.31. The number of esters is 1. The Bertz CT molecular complexity index is 573. The van der Waals surface area contributed by atoms with Crippen molar-refractivity contribution in [1.82, 2.24) is 4.98 Å². The Kier molecular flexibility index (Phi) is 4.47. The molecule has 17 heavy (non-hydrogen) atoms. The van der Waals surface area contributed by atoms with Gasteiger partial charge in [-0.15, -0.1) is 17.0 Å². The molecule has 0 aliphatic carbocycles. The van der Waals surface area contributed by atoms with Crippen LogP contribution in [0.15, 0.2) is 29.0 Å². The molecule has 0 aliphatic heterocycles. The fraction of sp³-hybridized carbons (Fsp3) is 0.0909. The molecule has 0 saturated carbocycles. The normalized spacial score (nSPS) is 9.76. The molecule has 2 rings (SSSR count). The second-order valence-corrected chi connectivity index (χ2v) is 4.09. The molecule has 0 amide bonds. The van der Waals surface area contributed by atoms with Crippen LogP contribution in [0.25, 0.3) is 10.8 Å². The maximum absolute atomic E-state index is 11.5. The van der Waals surface area contributed by atoms with Crippen molar-refractivity contribution >= 4 is 55.3 Å². The summed E-state index contributed by atoms with van der Waals surface area (Å²) in [6.45, 7) is 0. The molecule has 90 valence electrons. The number of rotatable bonds is 1. The van der Waals surface area contributed by atoms with Gasteiger partial charge in [0, 0.05) is 27.6 Å². The lowest BCUT2D eigenvalue weighted by molar-refractivity contribution is 0.0602. The lowest BCUT2D eigenvalue weighted by Gasteiger charge is -2.08. The number of carbonyl (C=O) groups excluding carboxylic acids is 1. The fourth-order valence-electron chi connectivity index (χ4n) is 1.53. The van der Waals surface area contributed by atoms with Crippen LogP contribution < -0.4 is 5.73 Å². The van der Waals surface area contributed by atoms with Crippen molar-refractivity contribution in [3.8, 4) is 0 Å². The van der Waals surface area contributed by atoms with Crippen LogP contribution >= 0.6 is 32.9 Å². The number of aromatic nitrogens is 1. The molecular formula is C11H10Br2N2O2. The molecule has 2 N–H and O–H groups in total. The van der Waals surface area contributed by atoms with Crippen molar-refractivity contribution in [3.63, 3.8) is 0 Å². The number of nitrogen functional groups attached to an aromatic ring is 1. The third-order valence-corrected chi connectivity index (χ3v) is 2.99. The highest BCUT2D eigenvalue weighted by molar-refractivity contribution is 9.10. The van der Waals surface area contributed by atoms with Crippen molar-refractivity contribution < 1.29 is 9.53 Å². The summed E-state index contributed by atoms with van der Waals surface area (Å²) in [5.41, 5.74) is 6.68. The van der Waals surface area contributed by atoms with E-state index in [1.165, 1.54) is 7.11 Å². The van der Waals surface area contributed by atoms with Crippen molar-refractivity contribution in [1.29, 1.82) is 0 Å². The largest absolute Gasteiger partial charge is 0.465 e. The zero-order valence-electron chi connectivity index (χ0n) is 8.94. The standard InChI is InChI=1S/C11H9BrN2O2.BrH/c1-16-11(15)7-4-9(12)8-5-14-3-2-6(8)10(7)13;/h2-5H,13H2,1H3;1H. The summed E-state index contributed by atoms with van der Waals surface area (Å²) in [4.78, 5) is 15.5. The van der Waals surface area contributed by atoms with Crippen molar-refractivity contribution in [2.45, 2.75) is 0 Å². The van der Waals surface area contributed by atoms with E-state index >= 15 is 0 Å². The van der Waals surface area contributed by atoms with E-state index in [9.17, 15) is 4.79 Å². The molecular weight excluding hydrogens is 352 g/mol. The van der Waals surface area contributed by atoms with Gasteiger partial charge in [0.2, 0.25) is 0 Å². The Hall–Kier alpha value is -1.14. The van der Waals surface area contributed by atoms with Gasteiger partial charge in [0.05, 0.1) is 18.4 Å². The van der Waals surface area contributed by atoms with Crippen molar-refractivity contribution in [2.75, 3.05) is 12.8 Å². The Labute approximate surface area is 117 Å². The molecule has 2 aromatic rings. The van der Waals surface area contributed by atoms with Gasteiger partial charge >= 0.3 is 5.97 Å². The van der Waals surface area contributed by atoms with Crippen LogP contribution in [0.4, 0.5) is 5.69 Å². The number of hydrogen-bond donors (Lipinski definition) is 1. The molecule has 0 fully saturated rings. The van der Waals surface area contributed by atoms with E-state index in [4.69, 9.17) is 5.73 Å². The average Bonchev–Trinajstić information content (AvgIpc) is 2.33. The number of halogens is 2. The summed E-state index contributed by atoms with van der Waals surface area (Å²) in [6, 6.07) is 3.41. The smallest absolute Gasteiger partial charge is 0.340 e. The molecule has 1 aromatic heterocycles. The molecule has 0 unspecified atom stereocenters. The number of benzene rings is 1. The van der Waals surface area contributed by atoms with Crippen LogP contribution in [-0.4, -0.2) is 18.1 Å². The zero-order valence-corrected chi connectivity index (χ0v) is 12.2. The van der Waals surface area contributed by atoms with Gasteiger partial charge in [-0.05, 0) is 12.1 Å². The predicted octanol–water partition coefficient (Wildman–Crippen LogP) is 2.94. The van der Waals surface area contributed by atoms with E-state index in [-0.39, 0.29) is 17.0 Å². The third-order valence-electron chi connectivity index (χ3n) is 2.34. The molecule has 0 radical (unpaired) electrons.